The smallest absolute Gasteiger partial charge is 0.189 e. The molecule has 1 heterocycles. The maximum absolute atomic E-state index is 12.4. The number of fused-ring (bicyclic) bond motifs is 2. The molecular weight excluding hydrogens is 288 g/mol. The van der Waals surface area contributed by atoms with E-state index >= 15 is 0 Å². The third-order valence-corrected chi connectivity index (χ3v) is 4.67. The number of carbonyl (C=O) groups excluding carboxylic acids is 1. The average molecular weight is 306 g/mol. The summed E-state index contributed by atoms with van der Waals surface area (Å²) in [5.41, 5.74) is 6.16. The lowest BCUT2D eigenvalue weighted by atomic mass is 9.86. The number of nitrogens with one attached hydrogen (secondary N) is 1. The Hall–Kier alpha value is -2.56. The van der Waals surface area contributed by atoms with Crippen molar-refractivity contribution in [3.63, 3.8) is 0 Å². The predicted octanol–water partition coefficient (Wildman–Crippen LogP) is 2.77. The van der Waals surface area contributed by atoms with E-state index < -0.39 is 5.92 Å². The summed E-state index contributed by atoms with van der Waals surface area (Å²) in [6.07, 6.45) is 7.88. The Morgan fingerprint density at radius 1 is 1.30 bits per heavy atom. The lowest BCUT2D eigenvalue weighted by molar-refractivity contribution is -0.115. The van der Waals surface area contributed by atoms with Crippen LogP contribution < -0.4 is 0 Å². The zero-order chi connectivity index (χ0) is 15.8. The number of H-pyrrole nitrogens is 1. The first kappa shape index (κ1) is 14.1. The van der Waals surface area contributed by atoms with Crippen molar-refractivity contribution < 1.29 is 4.79 Å². The molecule has 1 N–H and O–H groups in total. The highest BCUT2D eigenvalue weighted by atomic mass is 16.1. The summed E-state index contributed by atoms with van der Waals surface area (Å²) >= 11 is 0. The number of rotatable bonds is 4. The number of hydrogen-bond acceptors (Lipinski definition) is 4. The molecule has 2 aromatic rings. The number of hydrogen-bond donors (Lipinski definition) is 1. The predicted molar refractivity (Wildman–Crippen MR) is 86.7 cm³/mol. The first-order valence-corrected chi connectivity index (χ1v) is 8.08. The molecule has 0 spiro atoms. The molecule has 0 aliphatic heterocycles. The summed E-state index contributed by atoms with van der Waals surface area (Å²) in [5.74, 6) is 0.0928. The largest absolute Gasteiger partial charge is 0.294 e. The van der Waals surface area contributed by atoms with Gasteiger partial charge in [0.05, 0.1) is 0 Å². The molecule has 5 heteroatoms. The molecule has 5 nitrogen and oxygen atoms in total. The number of ketones is 1. The number of carbonyl (C=O) groups is 1. The molecule has 0 amide bonds. The molecule has 1 unspecified atom stereocenters. The molecule has 2 aliphatic rings. The second-order valence-electron chi connectivity index (χ2n) is 6.15. The van der Waals surface area contributed by atoms with Crippen LogP contribution in [0.15, 0.2) is 35.9 Å². The van der Waals surface area contributed by atoms with Crippen molar-refractivity contribution in [3.05, 3.63) is 58.4 Å². The van der Waals surface area contributed by atoms with Gasteiger partial charge in [-0.05, 0) is 53.2 Å². The zero-order valence-corrected chi connectivity index (χ0v) is 13.0. The maximum atomic E-state index is 12.4. The van der Waals surface area contributed by atoms with E-state index in [-0.39, 0.29) is 5.78 Å². The highest BCUT2D eigenvalue weighted by Gasteiger charge is 2.35. The molecule has 4 rings (SSSR count). The fourth-order valence-electron chi connectivity index (χ4n) is 3.53. The minimum absolute atomic E-state index is 0.0316. The van der Waals surface area contributed by atoms with E-state index in [4.69, 9.17) is 0 Å². The quantitative estimate of drug-likeness (QED) is 0.943. The first-order valence-electron chi connectivity index (χ1n) is 8.08. The highest BCUT2D eigenvalue weighted by molar-refractivity contribution is 6.05. The van der Waals surface area contributed by atoms with E-state index in [1.54, 1.807) is 6.08 Å². The maximum Gasteiger partial charge on any atom is 0.189 e. The molecule has 2 aliphatic carbocycles. The van der Waals surface area contributed by atoms with Crippen LogP contribution in [-0.2, 0) is 17.6 Å². The third kappa shape index (κ3) is 2.32. The van der Waals surface area contributed by atoms with Crippen LogP contribution >= 0.6 is 0 Å². The van der Waals surface area contributed by atoms with E-state index in [0.717, 1.165) is 24.0 Å². The van der Waals surface area contributed by atoms with Gasteiger partial charge in [-0.1, -0.05) is 42.8 Å². The van der Waals surface area contributed by atoms with Crippen molar-refractivity contribution in [2.45, 2.75) is 38.5 Å². The molecule has 0 fully saturated rings. The second kappa shape index (κ2) is 5.57. The molecule has 0 saturated carbocycles. The zero-order valence-electron chi connectivity index (χ0n) is 13.0. The number of benzene rings is 1. The van der Waals surface area contributed by atoms with Crippen molar-refractivity contribution in [2.75, 3.05) is 0 Å². The molecule has 0 bridgehead atoms. The van der Waals surface area contributed by atoms with Gasteiger partial charge in [0.2, 0.25) is 0 Å². The number of tetrazole rings is 1. The number of allylic oxidation sites excluding steroid dienone is 4. The molecule has 23 heavy (non-hydrogen) atoms. The number of unbranched alkanes of at least 4 members (excludes halogenated alkanes) is 1. The van der Waals surface area contributed by atoms with Gasteiger partial charge in [0.1, 0.15) is 5.92 Å². The Balaban J connectivity index is 1.71. The number of aryl methyl sites for hydroxylation is 1. The summed E-state index contributed by atoms with van der Waals surface area (Å²) < 4.78 is 0. The fraction of sp³-hybridized carbons (Fsp3) is 0.333. The van der Waals surface area contributed by atoms with E-state index in [2.05, 4.69) is 45.7 Å². The molecule has 1 atom stereocenters. The number of aromatic amines is 1. The van der Waals surface area contributed by atoms with Crippen LogP contribution in [0.3, 0.4) is 0 Å². The van der Waals surface area contributed by atoms with Crippen molar-refractivity contribution in [2.24, 2.45) is 0 Å². The van der Waals surface area contributed by atoms with Gasteiger partial charge in [-0.2, -0.15) is 5.21 Å². The fourth-order valence-corrected chi connectivity index (χ4v) is 3.53. The SMILES string of the molecule is CCCCc1ccc2c(c1)CC1=C2C=CC(=O)C1c1nn[nH]n1. The molecular formula is C18H18N4O. The van der Waals surface area contributed by atoms with Crippen LogP contribution in [0, 0.1) is 0 Å². The van der Waals surface area contributed by atoms with Crippen molar-refractivity contribution >= 4 is 11.4 Å². The number of nitrogens with zero attached hydrogens (tertiary/aromatic N) is 3. The van der Waals surface area contributed by atoms with Gasteiger partial charge in [-0.25, -0.2) is 0 Å². The summed E-state index contributed by atoms with van der Waals surface area (Å²) in [6.45, 7) is 2.21. The minimum Gasteiger partial charge on any atom is -0.294 e. The molecule has 0 radical (unpaired) electrons. The van der Waals surface area contributed by atoms with Crippen LogP contribution in [0.1, 0.15) is 48.2 Å². The Labute approximate surface area is 134 Å². The van der Waals surface area contributed by atoms with E-state index in [1.165, 1.54) is 29.5 Å². The van der Waals surface area contributed by atoms with Crippen molar-refractivity contribution in [3.8, 4) is 0 Å². The van der Waals surface area contributed by atoms with Crippen LogP contribution in [-0.4, -0.2) is 26.4 Å². The van der Waals surface area contributed by atoms with Gasteiger partial charge in [0.15, 0.2) is 11.6 Å². The minimum atomic E-state index is -0.403. The number of aromatic nitrogens is 4. The molecule has 1 aromatic carbocycles. The second-order valence-corrected chi connectivity index (χ2v) is 6.15. The Morgan fingerprint density at radius 2 is 2.22 bits per heavy atom. The van der Waals surface area contributed by atoms with Crippen molar-refractivity contribution in [1.29, 1.82) is 0 Å². The summed E-state index contributed by atoms with van der Waals surface area (Å²) in [6, 6.07) is 6.68. The van der Waals surface area contributed by atoms with Crippen LogP contribution in [0.4, 0.5) is 0 Å². The van der Waals surface area contributed by atoms with Crippen LogP contribution in [0.2, 0.25) is 0 Å². The summed E-state index contributed by atoms with van der Waals surface area (Å²) in [4.78, 5) is 12.4. The van der Waals surface area contributed by atoms with Gasteiger partial charge in [-0.15, -0.1) is 10.2 Å². The normalized spacial score (nSPS) is 19.2. The van der Waals surface area contributed by atoms with Crippen molar-refractivity contribution in [1.82, 2.24) is 20.6 Å². The van der Waals surface area contributed by atoms with E-state index in [1.807, 2.05) is 6.08 Å². The Kier molecular flexibility index (Phi) is 3.41. The molecule has 116 valence electrons. The Morgan fingerprint density at radius 3 is 3.00 bits per heavy atom. The lowest BCUT2D eigenvalue weighted by Crippen LogP contribution is -2.18. The van der Waals surface area contributed by atoms with Gasteiger partial charge < -0.3 is 0 Å². The average Bonchev–Trinajstić information content (AvgIpc) is 3.19. The Bertz CT molecular complexity index is 818. The van der Waals surface area contributed by atoms with E-state index in [9.17, 15) is 4.79 Å². The topological polar surface area (TPSA) is 71.5 Å². The van der Waals surface area contributed by atoms with Gasteiger partial charge in [0.25, 0.3) is 0 Å². The van der Waals surface area contributed by atoms with Gasteiger partial charge >= 0.3 is 0 Å². The highest BCUT2D eigenvalue weighted by Crippen LogP contribution is 2.43. The van der Waals surface area contributed by atoms with Crippen LogP contribution in [0.5, 0.6) is 0 Å². The lowest BCUT2D eigenvalue weighted by Gasteiger charge is -2.16. The monoisotopic (exact) mass is 306 g/mol. The van der Waals surface area contributed by atoms with Gasteiger partial charge in [0, 0.05) is 0 Å². The summed E-state index contributed by atoms with van der Waals surface area (Å²) in [7, 11) is 0. The van der Waals surface area contributed by atoms with E-state index in [0.29, 0.717) is 5.82 Å². The summed E-state index contributed by atoms with van der Waals surface area (Å²) in [5, 5.41) is 14.1. The van der Waals surface area contributed by atoms with Gasteiger partial charge in [-0.3, -0.25) is 4.79 Å². The third-order valence-electron chi connectivity index (χ3n) is 4.67. The molecule has 1 aromatic heterocycles. The van der Waals surface area contributed by atoms with Crippen LogP contribution in [0.25, 0.3) is 5.57 Å². The molecule has 0 saturated heterocycles. The standard InChI is InChI=1S/C18H18N4O/c1-2-3-4-11-5-6-13-12(9-11)10-15-14(13)7-8-16(23)17(15)18-19-21-22-20-18/h5-9,17H,2-4,10H2,1H3,(H,19,20,21,22). The first-order chi connectivity index (χ1) is 11.3.